The summed E-state index contributed by atoms with van der Waals surface area (Å²) in [4.78, 5) is 18.5. The minimum Gasteiger partial charge on any atom is -0.481 e. The van der Waals surface area contributed by atoms with E-state index in [1.54, 1.807) is 7.11 Å². The summed E-state index contributed by atoms with van der Waals surface area (Å²) in [6.45, 7) is 8.33. The van der Waals surface area contributed by atoms with Gasteiger partial charge in [0.1, 0.15) is 5.60 Å². The molecule has 1 aromatic heterocycles. The molecule has 1 amide bonds. The van der Waals surface area contributed by atoms with Gasteiger partial charge in [0.15, 0.2) is 0 Å². The first-order valence-electron chi connectivity index (χ1n) is 7.33. The van der Waals surface area contributed by atoms with E-state index < -0.39 is 5.60 Å². The Hall–Kier alpha value is -1.78. The van der Waals surface area contributed by atoms with Crippen molar-refractivity contribution in [3.8, 4) is 5.88 Å². The maximum atomic E-state index is 12.3. The standard InChI is InChI=1S/C16H24N2O3/c1-11-12(8-9-14(17-11)20-5)13-7-6-10-18(13)15(19)21-16(2,3)4/h8-9,13H,6-7,10H2,1-5H3. The molecule has 1 aliphatic heterocycles. The molecule has 1 fully saturated rings. The van der Waals surface area contributed by atoms with Crippen LogP contribution in [0.4, 0.5) is 4.79 Å². The molecule has 21 heavy (non-hydrogen) atoms. The molecule has 116 valence electrons. The second-order valence-electron chi connectivity index (χ2n) is 6.36. The van der Waals surface area contributed by atoms with Gasteiger partial charge < -0.3 is 14.4 Å². The van der Waals surface area contributed by atoms with Gasteiger partial charge in [-0.3, -0.25) is 0 Å². The Kier molecular flexibility index (Phi) is 4.40. The molecule has 0 aromatic carbocycles. The highest BCUT2D eigenvalue weighted by Gasteiger charge is 2.34. The van der Waals surface area contributed by atoms with Gasteiger partial charge in [0.05, 0.1) is 13.2 Å². The van der Waals surface area contributed by atoms with E-state index in [1.807, 2.05) is 44.7 Å². The number of rotatable bonds is 2. The number of ether oxygens (including phenoxy) is 2. The van der Waals surface area contributed by atoms with Crippen LogP contribution in [0.1, 0.15) is 50.9 Å². The first-order chi connectivity index (χ1) is 9.81. The van der Waals surface area contributed by atoms with E-state index in [1.165, 1.54) is 0 Å². The number of hydrogen-bond acceptors (Lipinski definition) is 4. The fraction of sp³-hybridized carbons (Fsp3) is 0.625. The summed E-state index contributed by atoms with van der Waals surface area (Å²) in [6, 6.07) is 3.88. The van der Waals surface area contributed by atoms with Gasteiger partial charge in [-0.05, 0) is 52.2 Å². The van der Waals surface area contributed by atoms with Crippen molar-refractivity contribution >= 4 is 6.09 Å². The molecule has 0 saturated carbocycles. The van der Waals surface area contributed by atoms with Crippen LogP contribution in [-0.2, 0) is 4.74 Å². The van der Waals surface area contributed by atoms with E-state index in [0.717, 1.165) is 30.6 Å². The summed E-state index contributed by atoms with van der Waals surface area (Å²) in [5.41, 5.74) is 1.49. The normalized spacial score (nSPS) is 18.7. The number of aryl methyl sites for hydroxylation is 1. The number of likely N-dealkylation sites (tertiary alicyclic amines) is 1. The minimum absolute atomic E-state index is 0.0401. The van der Waals surface area contributed by atoms with Crippen molar-refractivity contribution in [3.63, 3.8) is 0 Å². The number of carbonyl (C=O) groups is 1. The van der Waals surface area contributed by atoms with Crippen LogP contribution in [0.2, 0.25) is 0 Å². The number of nitrogens with zero attached hydrogens (tertiary/aromatic N) is 2. The smallest absolute Gasteiger partial charge is 0.410 e. The van der Waals surface area contributed by atoms with E-state index in [9.17, 15) is 4.79 Å². The van der Waals surface area contributed by atoms with Crippen molar-refractivity contribution in [3.05, 3.63) is 23.4 Å². The highest BCUT2D eigenvalue weighted by atomic mass is 16.6. The third-order valence-corrected chi connectivity index (χ3v) is 3.55. The molecular weight excluding hydrogens is 268 g/mol. The van der Waals surface area contributed by atoms with E-state index in [4.69, 9.17) is 9.47 Å². The van der Waals surface area contributed by atoms with E-state index in [0.29, 0.717) is 5.88 Å². The Labute approximate surface area is 126 Å². The molecule has 1 atom stereocenters. The monoisotopic (exact) mass is 292 g/mol. The minimum atomic E-state index is -0.475. The Balaban J connectivity index is 2.20. The van der Waals surface area contributed by atoms with Crippen molar-refractivity contribution in [2.24, 2.45) is 0 Å². The molecule has 1 saturated heterocycles. The van der Waals surface area contributed by atoms with Gasteiger partial charge in [-0.25, -0.2) is 9.78 Å². The van der Waals surface area contributed by atoms with Crippen molar-refractivity contribution in [1.29, 1.82) is 0 Å². The summed E-state index contributed by atoms with van der Waals surface area (Å²) in [5.74, 6) is 0.595. The predicted molar refractivity (Wildman–Crippen MR) is 80.4 cm³/mol. The molecule has 0 spiro atoms. The van der Waals surface area contributed by atoms with Gasteiger partial charge in [0.25, 0.3) is 0 Å². The largest absolute Gasteiger partial charge is 0.481 e. The Morgan fingerprint density at radius 1 is 1.38 bits per heavy atom. The van der Waals surface area contributed by atoms with Crippen LogP contribution >= 0.6 is 0 Å². The van der Waals surface area contributed by atoms with Gasteiger partial charge in [0.2, 0.25) is 5.88 Å². The zero-order valence-electron chi connectivity index (χ0n) is 13.5. The van der Waals surface area contributed by atoms with Crippen LogP contribution in [0, 0.1) is 6.92 Å². The molecule has 0 radical (unpaired) electrons. The van der Waals surface area contributed by atoms with Crippen molar-refractivity contribution in [2.45, 2.75) is 52.2 Å². The lowest BCUT2D eigenvalue weighted by Crippen LogP contribution is -2.36. The van der Waals surface area contributed by atoms with Crippen LogP contribution in [0.3, 0.4) is 0 Å². The third-order valence-electron chi connectivity index (χ3n) is 3.55. The summed E-state index contributed by atoms with van der Waals surface area (Å²) in [6.07, 6.45) is 1.67. The molecule has 0 aliphatic carbocycles. The number of aromatic nitrogens is 1. The molecule has 2 heterocycles. The number of methoxy groups -OCH3 is 1. The first-order valence-corrected chi connectivity index (χ1v) is 7.33. The quantitative estimate of drug-likeness (QED) is 0.837. The van der Waals surface area contributed by atoms with Crippen molar-refractivity contribution in [2.75, 3.05) is 13.7 Å². The second kappa shape index (κ2) is 5.92. The maximum absolute atomic E-state index is 12.3. The Morgan fingerprint density at radius 2 is 2.10 bits per heavy atom. The first kappa shape index (κ1) is 15.6. The lowest BCUT2D eigenvalue weighted by molar-refractivity contribution is 0.0224. The average Bonchev–Trinajstić information content (AvgIpc) is 2.85. The van der Waals surface area contributed by atoms with Crippen LogP contribution in [-0.4, -0.2) is 35.2 Å². The lowest BCUT2D eigenvalue weighted by Gasteiger charge is -2.29. The van der Waals surface area contributed by atoms with E-state index >= 15 is 0 Å². The summed E-state index contributed by atoms with van der Waals surface area (Å²) in [7, 11) is 1.60. The van der Waals surface area contributed by atoms with Crippen molar-refractivity contribution in [1.82, 2.24) is 9.88 Å². The van der Waals surface area contributed by atoms with Crippen molar-refractivity contribution < 1.29 is 14.3 Å². The maximum Gasteiger partial charge on any atom is 0.410 e. The van der Waals surface area contributed by atoms with Gasteiger partial charge >= 0.3 is 6.09 Å². The lowest BCUT2D eigenvalue weighted by atomic mass is 10.0. The molecule has 5 heteroatoms. The summed E-state index contributed by atoms with van der Waals surface area (Å²) in [5, 5.41) is 0. The number of pyridine rings is 1. The van der Waals surface area contributed by atoms with Gasteiger partial charge in [-0.15, -0.1) is 0 Å². The van der Waals surface area contributed by atoms with E-state index in [2.05, 4.69) is 4.98 Å². The topological polar surface area (TPSA) is 51.7 Å². The van der Waals surface area contributed by atoms with E-state index in [-0.39, 0.29) is 12.1 Å². The molecule has 0 bridgehead atoms. The summed E-state index contributed by atoms with van der Waals surface area (Å²) < 4.78 is 10.6. The summed E-state index contributed by atoms with van der Waals surface area (Å²) >= 11 is 0. The van der Waals surface area contributed by atoms with Gasteiger partial charge in [-0.2, -0.15) is 0 Å². The second-order valence-corrected chi connectivity index (χ2v) is 6.36. The molecule has 2 rings (SSSR count). The van der Waals surface area contributed by atoms with Gasteiger partial charge in [0, 0.05) is 18.3 Å². The SMILES string of the molecule is COc1ccc(C2CCCN2C(=O)OC(C)(C)C)c(C)n1. The average molecular weight is 292 g/mol. The molecule has 1 aromatic rings. The molecule has 1 aliphatic rings. The number of hydrogen-bond donors (Lipinski definition) is 0. The highest BCUT2D eigenvalue weighted by Crippen LogP contribution is 2.34. The zero-order chi connectivity index (χ0) is 15.6. The van der Waals surface area contributed by atoms with Gasteiger partial charge in [-0.1, -0.05) is 0 Å². The van der Waals surface area contributed by atoms with Crippen LogP contribution < -0.4 is 4.74 Å². The van der Waals surface area contributed by atoms with Crippen LogP contribution in [0.15, 0.2) is 12.1 Å². The van der Waals surface area contributed by atoms with Crippen LogP contribution in [0.5, 0.6) is 5.88 Å². The van der Waals surface area contributed by atoms with Crippen LogP contribution in [0.25, 0.3) is 0 Å². The third kappa shape index (κ3) is 3.65. The zero-order valence-corrected chi connectivity index (χ0v) is 13.5. The molecular formula is C16H24N2O3. The fourth-order valence-electron chi connectivity index (χ4n) is 2.64. The molecule has 0 N–H and O–H groups in total. The Bertz CT molecular complexity index is 523. The molecule has 1 unspecified atom stereocenters. The fourth-order valence-corrected chi connectivity index (χ4v) is 2.64. The Morgan fingerprint density at radius 3 is 2.67 bits per heavy atom. The number of carbonyl (C=O) groups excluding carboxylic acids is 1. The molecule has 5 nitrogen and oxygen atoms in total. The highest BCUT2D eigenvalue weighted by molar-refractivity contribution is 5.69. The number of amides is 1. The predicted octanol–water partition coefficient (Wildman–Crippen LogP) is 3.47.